The second kappa shape index (κ2) is 7.06. The predicted octanol–water partition coefficient (Wildman–Crippen LogP) is 4.60. The Bertz CT molecular complexity index is 928. The van der Waals surface area contributed by atoms with Crippen LogP contribution in [-0.4, -0.2) is 43.2 Å². The first-order chi connectivity index (χ1) is 14.0. The molecule has 4 nitrogen and oxygen atoms in total. The van der Waals surface area contributed by atoms with Crippen molar-refractivity contribution < 1.29 is 9.13 Å². The Morgan fingerprint density at radius 3 is 2.90 bits per heavy atom. The van der Waals surface area contributed by atoms with Gasteiger partial charge in [0.1, 0.15) is 11.6 Å². The van der Waals surface area contributed by atoms with E-state index in [9.17, 15) is 4.39 Å². The molecule has 0 aromatic heterocycles. The van der Waals surface area contributed by atoms with Crippen molar-refractivity contribution in [3.63, 3.8) is 0 Å². The Kier molecular flexibility index (Phi) is 4.50. The minimum Gasteiger partial charge on any atom is -0.494 e. The van der Waals surface area contributed by atoms with Crippen LogP contribution in [0.15, 0.2) is 54.7 Å². The van der Waals surface area contributed by atoms with Gasteiger partial charge in [-0.15, -0.1) is 0 Å². The molecule has 5 heteroatoms. The number of nitrogens with one attached hydrogen (secondary N) is 1. The Morgan fingerprint density at radius 1 is 1.24 bits per heavy atom. The van der Waals surface area contributed by atoms with Crippen molar-refractivity contribution in [1.82, 2.24) is 4.90 Å². The number of nitrogens with zero attached hydrogens (tertiary/aromatic N) is 2. The Labute approximate surface area is 172 Å². The number of hydrogen-bond donors (Lipinski definition) is 1. The smallest absolute Gasteiger partial charge is 0.123 e. The molecule has 1 saturated heterocycles. The summed E-state index contributed by atoms with van der Waals surface area (Å²) in [5.74, 6) is 1.01. The van der Waals surface area contributed by atoms with Gasteiger partial charge in [-0.25, -0.2) is 4.39 Å². The lowest BCUT2D eigenvalue weighted by molar-refractivity contribution is 0.140. The van der Waals surface area contributed by atoms with E-state index >= 15 is 0 Å². The van der Waals surface area contributed by atoms with Gasteiger partial charge in [-0.05, 0) is 55.7 Å². The van der Waals surface area contributed by atoms with E-state index in [1.54, 1.807) is 12.1 Å². The van der Waals surface area contributed by atoms with E-state index in [0.717, 1.165) is 50.5 Å². The molecule has 0 unspecified atom stereocenters. The molecular weight excluding hydrogens is 365 g/mol. The average molecular weight is 394 g/mol. The quantitative estimate of drug-likeness (QED) is 0.752. The second-order valence-corrected chi connectivity index (χ2v) is 8.67. The first-order valence-corrected chi connectivity index (χ1v) is 10.5. The molecule has 3 heterocycles. The molecular formula is C24H28FN3O. The summed E-state index contributed by atoms with van der Waals surface area (Å²) in [6.45, 7) is 11.4. The van der Waals surface area contributed by atoms with Gasteiger partial charge >= 0.3 is 0 Å². The van der Waals surface area contributed by atoms with Crippen LogP contribution in [0.1, 0.15) is 31.2 Å². The van der Waals surface area contributed by atoms with Gasteiger partial charge in [-0.3, -0.25) is 0 Å². The Balaban J connectivity index is 1.24. The standard InChI is InChI=1S/C24H28FN3O/c1-17-15-28-23-20(5-3-6-22(23)26-17)21-16-27(13-11-24(21,28)2)12-4-14-29-19-9-7-18(25)8-10-19/h3,5-10,21,26H,1,4,11-16H2,2H3/t21-,24-/m0/s1. The molecule has 3 aliphatic rings. The molecule has 1 fully saturated rings. The third kappa shape index (κ3) is 3.18. The summed E-state index contributed by atoms with van der Waals surface area (Å²) in [4.78, 5) is 5.16. The zero-order chi connectivity index (χ0) is 20.0. The topological polar surface area (TPSA) is 27.7 Å². The number of para-hydroxylation sites is 1. The third-order valence-corrected chi connectivity index (χ3v) is 6.82. The highest BCUT2D eigenvalue weighted by molar-refractivity contribution is 5.83. The molecule has 3 aliphatic heterocycles. The SMILES string of the molecule is C=C1CN2c3c(cccc3[C@@H]3CN(CCCOc4ccc(F)cc4)CC[C@@]32C)N1. The molecule has 0 radical (unpaired) electrons. The lowest BCUT2D eigenvalue weighted by atomic mass is 9.78. The molecule has 2 aromatic rings. The van der Waals surface area contributed by atoms with Crippen molar-refractivity contribution in [3.05, 3.63) is 66.1 Å². The average Bonchev–Trinajstić information content (AvgIpc) is 2.96. The number of hydrogen-bond acceptors (Lipinski definition) is 4. The van der Waals surface area contributed by atoms with Crippen LogP contribution in [0.25, 0.3) is 0 Å². The molecule has 0 bridgehead atoms. The summed E-state index contributed by atoms with van der Waals surface area (Å²) >= 11 is 0. The van der Waals surface area contributed by atoms with Gasteiger partial charge < -0.3 is 19.9 Å². The molecule has 0 aliphatic carbocycles. The highest BCUT2D eigenvalue weighted by Gasteiger charge is 2.52. The van der Waals surface area contributed by atoms with Crippen LogP contribution in [-0.2, 0) is 0 Å². The number of ether oxygens (including phenoxy) is 1. The number of rotatable bonds is 5. The van der Waals surface area contributed by atoms with Gasteiger partial charge in [-0.1, -0.05) is 18.7 Å². The summed E-state index contributed by atoms with van der Waals surface area (Å²) in [5, 5.41) is 3.48. The van der Waals surface area contributed by atoms with Crippen molar-refractivity contribution in [3.8, 4) is 5.75 Å². The molecule has 0 spiro atoms. The Morgan fingerprint density at radius 2 is 2.07 bits per heavy atom. The van der Waals surface area contributed by atoms with Crippen molar-refractivity contribution in [2.24, 2.45) is 0 Å². The maximum Gasteiger partial charge on any atom is 0.123 e. The van der Waals surface area contributed by atoms with Crippen LogP contribution in [0.2, 0.25) is 0 Å². The zero-order valence-electron chi connectivity index (χ0n) is 17.0. The van der Waals surface area contributed by atoms with Crippen LogP contribution in [0, 0.1) is 5.82 Å². The Hall–Kier alpha value is -2.53. The van der Waals surface area contributed by atoms with Crippen molar-refractivity contribution in [1.29, 1.82) is 0 Å². The largest absolute Gasteiger partial charge is 0.494 e. The summed E-state index contributed by atoms with van der Waals surface area (Å²) in [5.41, 5.74) is 5.29. The van der Waals surface area contributed by atoms with E-state index in [1.165, 1.54) is 29.1 Å². The van der Waals surface area contributed by atoms with Crippen LogP contribution in [0.3, 0.4) is 0 Å². The van der Waals surface area contributed by atoms with E-state index in [1.807, 2.05) is 0 Å². The van der Waals surface area contributed by atoms with Crippen molar-refractivity contribution in [2.75, 3.05) is 43.0 Å². The second-order valence-electron chi connectivity index (χ2n) is 8.67. The van der Waals surface area contributed by atoms with Gasteiger partial charge in [0.05, 0.1) is 24.5 Å². The molecule has 2 aromatic carbocycles. The maximum absolute atomic E-state index is 13.0. The monoisotopic (exact) mass is 393 g/mol. The van der Waals surface area contributed by atoms with Gasteiger partial charge in [-0.2, -0.15) is 0 Å². The summed E-state index contributed by atoms with van der Waals surface area (Å²) in [6.07, 6.45) is 2.12. The number of likely N-dealkylation sites (tertiary alicyclic amines) is 1. The zero-order valence-corrected chi connectivity index (χ0v) is 17.0. The lowest BCUT2D eigenvalue weighted by Gasteiger charge is -2.48. The molecule has 1 N–H and O–H groups in total. The fraction of sp³-hybridized carbons (Fsp3) is 0.417. The molecule has 0 amide bonds. The van der Waals surface area contributed by atoms with E-state index in [2.05, 4.69) is 46.8 Å². The van der Waals surface area contributed by atoms with Crippen LogP contribution >= 0.6 is 0 Å². The van der Waals surface area contributed by atoms with Gasteiger partial charge in [0.25, 0.3) is 0 Å². The third-order valence-electron chi connectivity index (χ3n) is 6.82. The van der Waals surface area contributed by atoms with Gasteiger partial charge in [0, 0.05) is 36.8 Å². The van der Waals surface area contributed by atoms with E-state index in [4.69, 9.17) is 4.74 Å². The fourth-order valence-electron chi connectivity index (χ4n) is 5.25. The number of benzene rings is 2. The number of piperidine rings is 1. The lowest BCUT2D eigenvalue weighted by Crippen LogP contribution is -2.56. The number of halogens is 1. The minimum absolute atomic E-state index is 0.157. The maximum atomic E-state index is 13.0. The molecule has 29 heavy (non-hydrogen) atoms. The van der Waals surface area contributed by atoms with Gasteiger partial charge in [0.15, 0.2) is 0 Å². The molecule has 152 valence electrons. The predicted molar refractivity (Wildman–Crippen MR) is 115 cm³/mol. The van der Waals surface area contributed by atoms with Crippen LogP contribution in [0.4, 0.5) is 15.8 Å². The highest BCUT2D eigenvalue weighted by Crippen LogP contribution is 2.55. The van der Waals surface area contributed by atoms with E-state index in [-0.39, 0.29) is 11.4 Å². The molecule has 5 rings (SSSR count). The van der Waals surface area contributed by atoms with E-state index in [0.29, 0.717) is 12.5 Å². The fourth-order valence-corrected chi connectivity index (χ4v) is 5.25. The van der Waals surface area contributed by atoms with E-state index < -0.39 is 0 Å². The highest BCUT2D eigenvalue weighted by atomic mass is 19.1. The summed E-state index contributed by atoms with van der Waals surface area (Å²) < 4.78 is 18.8. The first kappa shape index (κ1) is 18.5. The summed E-state index contributed by atoms with van der Waals surface area (Å²) in [6, 6.07) is 12.9. The van der Waals surface area contributed by atoms with Crippen LogP contribution in [0.5, 0.6) is 5.75 Å². The van der Waals surface area contributed by atoms with Gasteiger partial charge in [0.2, 0.25) is 0 Å². The minimum atomic E-state index is -0.231. The first-order valence-electron chi connectivity index (χ1n) is 10.5. The number of anilines is 2. The number of fused-ring (bicyclic) bond motifs is 3. The van der Waals surface area contributed by atoms with Crippen molar-refractivity contribution in [2.45, 2.75) is 31.2 Å². The summed E-state index contributed by atoms with van der Waals surface area (Å²) in [7, 11) is 0. The van der Waals surface area contributed by atoms with Crippen LogP contribution < -0.4 is 15.0 Å². The van der Waals surface area contributed by atoms with Crippen molar-refractivity contribution >= 4 is 11.4 Å². The normalized spacial score (nSPS) is 25.4. The molecule has 0 saturated carbocycles. The molecule has 2 atom stereocenters.